The fourth-order valence-corrected chi connectivity index (χ4v) is 2.18. The maximum atomic E-state index is 11.5. The molecule has 0 spiro atoms. The molecule has 0 fully saturated rings. The van der Waals surface area contributed by atoms with Gasteiger partial charge in [-0.25, -0.2) is 9.97 Å². The van der Waals surface area contributed by atoms with Crippen molar-refractivity contribution in [2.24, 2.45) is 0 Å². The van der Waals surface area contributed by atoms with Gasteiger partial charge in [0, 0.05) is 18.9 Å². The standard InChI is InChI=1S/C13H21N3O2S/c1-3-9-18-12(17)11(2)19-10-5-8-16-13-14-6-4-7-15-13/h4,6-7,11H,3,5,8-10H2,1-2H3,(H,14,15,16). The van der Waals surface area contributed by atoms with Crippen LogP contribution in [0.3, 0.4) is 0 Å². The summed E-state index contributed by atoms with van der Waals surface area (Å²) < 4.78 is 5.08. The van der Waals surface area contributed by atoms with Crippen molar-refractivity contribution in [3.05, 3.63) is 18.5 Å². The predicted octanol–water partition coefficient (Wildman–Crippen LogP) is 2.35. The van der Waals surface area contributed by atoms with E-state index in [1.54, 1.807) is 30.2 Å². The fourth-order valence-electron chi connectivity index (χ4n) is 1.31. The number of nitrogens with zero attached hydrogens (tertiary/aromatic N) is 2. The van der Waals surface area contributed by atoms with Gasteiger partial charge in [-0.15, -0.1) is 11.8 Å². The molecule has 0 radical (unpaired) electrons. The number of ether oxygens (including phenoxy) is 1. The minimum absolute atomic E-state index is 0.0977. The summed E-state index contributed by atoms with van der Waals surface area (Å²) in [5, 5.41) is 3.03. The predicted molar refractivity (Wildman–Crippen MR) is 78.3 cm³/mol. The maximum Gasteiger partial charge on any atom is 0.318 e. The van der Waals surface area contributed by atoms with Gasteiger partial charge in [0.05, 0.1) is 11.9 Å². The number of thioether (sulfide) groups is 1. The van der Waals surface area contributed by atoms with Crippen LogP contribution in [0, 0.1) is 0 Å². The molecular formula is C13H21N3O2S. The Morgan fingerprint density at radius 1 is 1.47 bits per heavy atom. The molecule has 19 heavy (non-hydrogen) atoms. The van der Waals surface area contributed by atoms with Gasteiger partial charge in [-0.05, 0) is 31.6 Å². The van der Waals surface area contributed by atoms with Crippen LogP contribution in [0.25, 0.3) is 0 Å². The smallest absolute Gasteiger partial charge is 0.318 e. The highest BCUT2D eigenvalue weighted by Crippen LogP contribution is 2.13. The van der Waals surface area contributed by atoms with Crippen LogP contribution in [0.5, 0.6) is 0 Å². The normalized spacial score (nSPS) is 11.9. The van der Waals surface area contributed by atoms with Crippen molar-refractivity contribution in [1.82, 2.24) is 9.97 Å². The summed E-state index contributed by atoms with van der Waals surface area (Å²) in [5.41, 5.74) is 0. The lowest BCUT2D eigenvalue weighted by Crippen LogP contribution is -2.18. The van der Waals surface area contributed by atoms with Crippen molar-refractivity contribution in [2.75, 3.05) is 24.2 Å². The van der Waals surface area contributed by atoms with Gasteiger partial charge in [0.1, 0.15) is 0 Å². The summed E-state index contributed by atoms with van der Waals surface area (Å²) in [4.78, 5) is 19.6. The molecule has 0 bridgehead atoms. The second-order valence-electron chi connectivity index (χ2n) is 4.03. The first kappa shape index (κ1) is 15.8. The molecular weight excluding hydrogens is 262 g/mol. The monoisotopic (exact) mass is 283 g/mol. The third kappa shape index (κ3) is 7.00. The molecule has 1 atom stereocenters. The summed E-state index contributed by atoms with van der Waals surface area (Å²) in [6, 6.07) is 1.78. The quantitative estimate of drug-likeness (QED) is 0.554. The zero-order chi connectivity index (χ0) is 13.9. The molecule has 0 aliphatic rings. The van der Waals surface area contributed by atoms with Crippen LogP contribution in [-0.2, 0) is 9.53 Å². The molecule has 0 aliphatic heterocycles. The van der Waals surface area contributed by atoms with Gasteiger partial charge in [0.25, 0.3) is 0 Å². The van der Waals surface area contributed by atoms with Gasteiger partial charge in [0.2, 0.25) is 5.95 Å². The lowest BCUT2D eigenvalue weighted by atomic mass is 10.5. The van der Waals surface area contributed by atoms with Crippen molar-refractivity contribution in [3.8, 4) is 0 Å². The van der Waals surface area contributed by atoms with Crippen molar-refractivity contribution in [2.45, 2.75) is 31.9 Å². The van der Waals surface area contributed by atoms with E-state index in [1.807, 2.05) is 13.8 Å². The average molecular weight is 283 g/mol. The summed E-state index contributed by atoms with van der Waals surface area (Å²) in [7, 11) is 0. The number of hydrogen-bond acceptors (Lipinski definition) is 6. The average Bonchev–Trinajstić information content (AvgIpc) is 2.45. The van der Waals surface area contributed by atoms with E-state index in [2.05, 4.69) is 15.3 Å². The number of carbonyl (C=O) groups is 1. The molecule has 5 nitrogen and oxygen atoms in total. The number of nitrogens with one attached hydrogen (secondary N) is 1. The van der Waals surface area contributed by atoms with Crippen LogP contribution in [0.4, 0.5) is 5.95 Å². The number of esters is 1. The molecule has 1 heterocycles. The van der Waals surface area contributed by atoms with Crippen LogP contribution in [0.2, 0.25) is 0 Å². The van der Waals surface area contributed by atoms with E-state index in [1.165, 1.54) is 0 Å². The van der Waals surface area contributed by atoms with Crippen LogP contribution in [-0.4, -0.2) is 40.1 Å². The van der Waals surface area contributed by atoms with Gasteiger partial charge in [0.15, 0.2) is 0 Å². The van der Waals surface area contributed by atoms with E-state index in [0.29, 0.717) is 12.6 Å². The molecule has 1 aromatic heterocycles. The molecule has 1 rings (SSSR count). The zero-order valence-electron chi connectivity index (χ0n) is 11.5. The third-order valence-electron chi connectivity index (χ3n) is 2.32. The Morgan fingerprint density at radius 2 is 2.21 bits per heavy atom. The number of rotatable bonds is 9. The minimum Gasteiger partial charge on any atom is -0.465 e. The number of hydrogen-bond donors (Lipinski definition) is 1. The van der Waals surface area contributed by atoms with Gasteiger partial charge in [-0.3, -0.25) is 4.79 Å². The Kier molecular flexibility index (Phi) is 7.97. The van der Waals surface area contributed by atoms with E-state index in [0.717, 1.165) is 25.1 Å². The van der Waals surface area contributed by atoms with Crippen molar-refractivity contribution in [3.63, 3.8) is 0 Å². The van der Waals surface area contributed by atoms with Crippen LogP contribution < -0.4 is 5.32 Å². The van der Waals surface area contributed by atoms with E-state index in [9.17, 15) is 4.79 Å². The van der Waals surface area contributed by atoms with Crippen LogP contribution in [0.15, 0.2) is 18.5 Å². The topological polar surface area (TPSA) is 64.1 Å². The molecule has 0 saturated carbocycles. The molecule has 106 valence electrons. The molecule has 1 N–H and O–H groups in total. The van der Waals surface area contributed by atoms with E-state index < -0.39 is 0 Å². The maximum absolute atomic E-state index is 11.5. The van der Waals surface area contributed by atoms with Crippen LogP contribution >= 0.6 is 11.8 Å². The largest absolute Gasteiger partial charge is 0.465 e. The molecule has 6 heteroatoms. The second-order valence-corrected chi connectivity index (χ2v) is 5.48. The van der Waals surface area contributed by atoms with E-state index >= 15 is 0 Å². The van der Waals surface area contributed by atoms with Gasteiger partial charge < -0.3 is 10.1 Å². The Balaban J connectivity index is 2.05. The SMILES string of the molecule is CCCOC(=O)C(C)SCCCNc1ncccn1. The third-order valence-corrected chi connectivity index (χ3v) is 3.54. The van der Waals surface area contributed by atoms with Crippen molar-refractivity contribution >= 4 is 23.7 Å². The molecule has 0 aromatic carbocycles. The molecule has 0 amide bonds. The first-order valence-corrected chi connectivity index (χ1v) is 7.58. The summed E-state index contributed by atoms with van der Waals surface area (Å²) in [6.07, 6.45) is 5.23. The molecule has 0 aliphatic carbocycles. The summed E-state index contributed by atoms with van der Waals surface area (Å²) in [5.74, 6) is 1.43. The van der Waals surface area contributed by atoms with Crippen LogP contribution in [0.1, 0.15) is 26.7 Å². The fraction of sp³-hybridized carbons (Fsp3) is 0.615. The number of carbonyl (C=O) groups excluding carboxylic acids is 1. The lowest BCUT2D eigenvalue weighted by Gasteiger charge is -2.10. The van der Waals surface area contributed by atoms with E-state index in [4.69, 9.17) is 4.74 Å². The Hall–Kier alpha value is -1.30. The highest BCUT2D eigenvalue weighted by Gasteiger charge is 2.13. The zero-order valence-corrected chi connectivity index (χ0v) is 12.3. The van der Waals surface area contributed by atoms with Gasteiger partial charge in [-0.1, -0.05) is 6.92 Å². The number of anilines is 1. The Morgan fingerprint density at radius 3 is 2.89 bits per heavy atom. The van der Waals surface area contributed by atoms with Crippen molar-refractivity contribution < 1.29 is 9.53 Å². The molecule has 0 saturated heterocycles. The number of aromatic nitrogens is 2. The summed E-state index contributed by atoms with van der Waals surface area (Å²) in [6.45, 7) is 5.18. The first-order chi connectivity index (χ1) is 9.24. The van der Waals surface area contributed by atoms with Gasteiger partial charge in [-0.2, -0.15) is 0 Å². The van der Waals surface area contributed by atoms with Gasteiger partial charge >= 0.3 is 5.97 Å². The Bertz CT molecular complexity index is 362. The highest BCUT2D eigenvalue weighted by atomic mass is 32.2. The molecule has 1 unspecified atom stereocenters. The summed E-state index contributed by atoms with van der Waals surface area (Å²) >= 11 is 1.61. The minimum atomic E-state index is -0.119. The Labute approximate surface area is 118 Å². The highest BCUT2D eigenvalue weighted by molar-refractivity contribution is 8.00. The first-order valence-electron chi connectivity index (χ1n) is 6.53. The van der Waals surface area contributed by atoms with Crippen molar-refractivity contribution in [1.29, 1.82) is 0 Å². The van der Waals surface area contributed by atoms with E-state index in [-0.39, 0.29) is 11.2 Å². The lowest BCUT2D eigenvalue weighted by molar-refractivity contribution is -0.142. The second kappa shape index (κ2) is 9.61. The molecule has 1 aromatic rings.